The first-order valence-corrected chi connectivity index (χ1v) is 7.58. The van der Waals surface area contributed by atoms with Gasteiger partial charge in [-0.3, -0.25) is 4.79 Å². The Morgan fingerprint density at radius 1 is 1.52 bits per heavy atom. The molecule has 1 aliphatic heterocycles. The summed E-state index contributed by atoms with van der Waals surface area (Å²) in [6, 6.07) is 6.45. The fourth-order valence-electron chi connectivity index (χ4n) is 2.98. The molecule has 0 aromatic carbocycles. The largest absolute Gasteiger partial charge is 0.350 e. The molecule has 0 aliphatic carbocycles. The Morgan fingerprint density at radius 3 is 3.14 bits per heavy atom. The highest BCUT2D eigenvalue weighted by atomic mass is 16.1. The summed E-state index contributed by atoms with van der Waals surface area (Å²) in [5.74, 6) is 0.275. The lowest BCUT2D eigenvalue weighted by atomic mass is 9.92. The number of carbonyl (C=O) groups is 1. The van der Waals surface area contributed by atoms with Gasteiger partial charge < -0.3 is 15.0 Å². The topological polar surface area (TPSA) is 58.4 Å². The van der Waals surface area contributed by atoms with Crippen molar-refractivity contribution in [2.24, 2.45) is 5.92 Å². The van der Waals surface area contributed by atoms with E-state index in [4.69, 9.17) is 0 Å². The van der Waals surface area contributed by atoms with Crippen LogP contribution in [0.3, 0.4) is 0 Å². The van der Waals surface area contributed by atoms with Crippen molar-refractivity contribution in [2.45, 2.75) is 39.3 Å². The summed E-state index contributed by atoms with van der Waals surface area (Å²) in [5.41, 5.74) is 2.97. The van der Waals surface area contributed by atoms with Crippen LogP contribution >= 0.6 is 0 Å². The van der Waals surface area contributed by atoms with Crippen LogP contribution in [0.15, 0.2) is 24.4 Å². The van der Waals surface area contributed by atoms with Gasteiger partial charge in [-0.05, 0) is 45.4 Å². The zero-order valence-corrected chi connectivity index (χ0v) is 12.6. The fraction of sp³-hybridized carbons (Fsp3) is 0.500. The van der Waals surface area contributed by atoms with Gasteiger partial charge in [-0.2, -0.15) is 0 Å². The molecule has 5 nitrogen and oxygen atoms in total. The number of nitrogens with zero attached hydrogens (tertiary/aromatic N) is 2. The zero-order valence-electron chi connectivity index (χ0n) is 12.6. The molecule has 1 aliphatic rings. The molecule has 3 rings (SSSR count). The average Bonchev–Trinajstić information content (AvgIpc) is 2.89. The second-order valence-electron chi connectivity index (χ2n) is 5.92. The van der Waals surface area contributed by atoms with Gasteiger partial charge in [0, 0.05) is 23.9 Å². The van der Waals surface area contributed by atoms with Crippen molar-refractivity contribution in [3.63, 3.8) is 0 Å². The molecule has 0 saturated carbocycles. The number of nitrogens with one attached hydrogen (secondary N) is 2. The molecular weight excluding hydrogens is 264 g/mol. The van der Waals surface area contributed by atoms with Gasteiger partial charge in [0.2, 0.25) is 5.91 Å². The quantitative estimate of drug-likeness (QED) is 0.902. The average molecular weight is 286 g/mol. The second-order valence-corrected chi connectivity index (χ2v) is 5.92. The molecule has 1 amide bonds. The van der Waals surface area contributed by atoms with Crippen molar-refractivity contribution in [3.05, 3.63) is 35.8 Å². The number of hydrogen-bond donors (Lipinski definition) is 2. The predicted octanol–water partition coefficient (Wildman–Crippen LogP) is 1.65. The molecule has 2 atom stereocenters. The van der Waals surface area contributed by atoms with Crippen molar-refractivity contribution in [3.8, 4) is 0 Å². The van der Waals surface area contributed by atoms with Crippen LogP contribution in [0, 0.1) is 12.8 Å². The van der Waals surface area contributed by atoms with Crippen LogP contribution < -0.4 is 10.6 Å². The lowest BCUT2D eigenvalue weighted by molar-refractivity contribution is -0.126. The molecule has 112 valence electrons. The van der Waals surface area contributed by atoms with Crippen LogP contribution in [0.4, 0.5) is 0 Å². The minimum atomic E-state index is 0.125. The van der Waals surface area contributed by atoms with Gasteiger partial charge in [-0.15, -0.1) is 0 Å². The Kier molecular flexibility index (Phi) is 3.92. The van der Waals surface area contributed by atoms with Gasteiger partial charge in [-0.25, -0.2) is 4.98 Å². The number of rotatable bonds is 3. The molecule has 0 spiro atoms. The summed E-state index contributed by atoms with van der Waals surface area (Å²) >= 11 is 0. The van der Waals surface area contributed by atoms with Gasteiger partial charge in [0.1, 0.15) is 5.65 Å². The van der Waals surface area contributed by atoms with Gasteiger partial charge in [0.25, 0.3) is 0 Å². The van der Waals surface area contributed by atoms with E-state index in [1.54, 1.807) is 0 Å². The lowest BCUT2D eigenvalue weighted by Gasteiger charge is -2.26. The summed E-state index contributed by atoms with van der Waals surface area (Å²) in [7, 11) is 0. The molecule has 2 aromatic heterocycles. The number of hydrogen-bond acceptors (Lipinski definition) is 3. The van der Waals surface area contributed by atoms with Crippen molar-refractivity contribution in [1.82, 2.24) is 20.0 Å². The molecule has 1 saturated heterocycles. The highest BCUT2D eigenvalue weighted by molar-refractivity contribution is 5.78. The van der Waals surface area contributed by atoms with Crippen LogP contribution in [0.1, 0.15) is 31.2 Å². The van der Waals surface area contributed by atoms with Gasteiger partial charge in [0.15, 0.2) is 0 Å². The predicted molar refractivity (Wildman–Crippen MR) is 82.0 cm³/mol. The first kappa shape index (κ1) is 14.1. The standard InChI is InChI=1S/C16H22N4O/c1-11-8-13(6-7-17-11)16(21)18-9-14-10-20-12(2)4-3-5-15(20)19-14/h3-5,10-11,13,17H,6-9H2,1-2H3,(H,18,21)/t11-,13-/m0/s1. The van der Waals surface area contributed by atoms with E-state index in [-0.39, 0.29) is 11.8 Å². The Bertz CT molecular complexity index is 649. The molecule has 0 bridgehead atoms. The van der Waals surface area contributed by atoms with Crippen LogP contribution in [0.2, 0.25) is 0 Å². The van der Waals surface area contributed by atoms with E-state index in [0.29, 0.717) is 12.6 Å². The lowest BCUT2D eigenvalue weighted by Crippen LogP contribution is -2.42. The van der Waals surface area contributed by atoms with Gasteiger partial charge >= 0.3 is 0 Å². The van der Waals surface area contributed by atoms with Crippen LogP contribution in [-0.2, 0) is 11.3 Å². The van der Waals surface area contributed by atoms with Crippen molar-refractivity contribution < 1.29 is 4.79 Å². The van der Waals surface area contributed by atoms with Gasteiger partial charge in [-0.1, -0.05) is 6.07 Å². The maximum Gasteiger partial charge on any atom is 0.223 e. The number of imidazole rings is 1. The molecule has 21 heavy (non-hydrogen) atoms. The Morgan fingerprint density at radius 2 is 2.38 bits per heavy atom. The van der Waals surface area contributed by atoms with Crippen LogP contribution in [0.25, 0.3) is 5.65 Å². The second kappa shape index (κ2) is 5.85. The molecule has 3 heterocycles. The van der Waals surface area contributed by atoms with Crippen molar-refractivity contribution in [2.75, 3.05) is 6.54 Å². The number of fused-ring (bicyclic) bond motifs is 1. The van der Waals surface area contributed by atoms with E-state index >= 15 is 0 Å². The molecule has 0 radical (unpaired) electrons. The van der Waals surface area contributed by atoms with Crippen LogP contribution in [-0.4, -0.2) is 27.9 Å². The highest BCUT2D eigenvalue weighted by Gasteiger charge is 2.24. The monoisotopic (exact) mass is 286 g/mol. The number of aryl methyl sites for hydroxylation is 1. The number of pyridine rings is 1. The first-order chi connectivity index (χ1) is 10.1. The van der Waals surface area contributed by atoms with E-state index in [0.717, 1.165) is 36.4 Å². The van der Waals surface area contributed by atoms with E-state index in [2.05, 4.69) is 22.5 Å². The zero-order chi connectivity index (χ0) is 14.8. The molecule has 0 unspecified atom stereocenters. The molecule has 2 N–H and O–H groups in total. The van der Waals surface area contributed by atoms with E-state index in [1.165, 1.54) is 0 Å². The maximum absolute atomic E-state index is 12.2. The summed E-state index contributed by atoms with van der Waals surface area (Å²) in [4.78, 5) is 16.8. The SMILES string of the molecule is Cc1cccc2nc(CNC(=O)[C@H]3CCN[C@@H](C)C3)cn12. The summed E-state index contributed by atoms with van der Waals surface area (Å²) in [5, 5.41) is 6.40. The third-order valence-corrected chi connectivity index (χ3v) is 4.18. The molecule has 5 heteroatoms. The Balaban J connectivity index is 1.63. The summed E-state index contributed by atoms with van der Waals surface area (Å²) in [6.45, 7) is 5.60. The minimum absolute atomic E-state index is 0.125. The third kappa shape index (κ3) is 3.08. The smallest absolute Gasteiger partial charge is 0.223 e. The van der Waals surface area contributed by atoms with Crippen LogP contribution in [0.5, 0.6) is 0 Å². The molecule has 2 aromatic rings. The Labute approximate surface area is 124 Å². The Hall–Kier alpha value is -1.88. The number of carbonyl (C=O) groups excluding carboxylic acids is 1. The summed E-state index contributed by atoms with van der Waals surface area (Å²) in [6.07, 6.45) is 3.83. The van der Waals surface area contributed by atoms with E-state index in [1.807, 2.05) is 35.7 Å². The number of piperidine rings is 1. The maximum atomic E-state index is 12.2. The highest BCUT2D eigenvalue weighted by Crippen LogP contribution is 2.16. The van der Waals surface area contributed by atoms with Gasteiger partial charge in [0.05, 0.1) is 12.2 Å². The third-order valence-electron chi connectivity index (χ3n) is 4.18. The van der Waals surface area contributed by atoms with E-state index < -0.39 is 0 Å². The molecular formula is C16H22N4O. The summed E-state index contributed by atoms with van der Waals surface area (Å²) < 4.78 is 2.05. The number of aromatic nitrogens is 2. The normalized spacial score (nSPS) is 22.4. The fourth-order valence-corrected chi connectivity index (χ4v) is 2.98. The number of amides is 1. The first-order valence-electron chi connectivity index (χ1n) is 7.58. The van der Waals surface area contributed by atoms with Crippen molar-refractivity contribution >= 4 is 11.6 Å². The van der Waals surface area contributed by atoms with Crippen molar-refractivity contribution in [1.29, 1.82) is 0 Å². The minimum Gasteiger partial charge on any atom is -0.350 e. The van der Waals surface area contributed by atoms with E-state index in [9.17, 15) is 4.79 Å². The molecule has 1 fully saturated rings.